The van der Waals surface area contributed by atoms with Crippen LogP contribution in [0.5, 0.6) is 0 Å². The summed E-state index contributed by atoms with van der Waals surface area (Å²) in [5, 5.41) is 3.32. The van der Waals surface area contributed by atoms with Gasteiger partial charge in [-0.3, -0.25) is 5.32 Å². The van der Waals surface area contributed by atoms with Gasteiger partial charge in [-0.15, -0.1) is 0 Å². The molecule has 2 aliphatic carbocycles. The van der Waals surface area contributed by atoms with Crippen LogP contribution in [0.3, 0.4) is 0 Å². The van der Waals surface area contributed by atoms with Crippen LogP contribution < -0.4 is 5.32 Å². The molecule has 1 N–H and O–H groups in total. The van der Waals surface area contributed by atoms with E-state index in [1.807, 2.05) is 0 Å². The number of piperidine rings is 1. The van der Waals surface area contributed by atoms with E-state index in [1.54, 1.807) is 0 Å². The highest BCUT2D eigenvalue weighted by Gasteiger charge is 2.37. The second kappa shape index (κ2) is 14.2. The van der Waals surface area contributed by atoms with Crippen molar-refractivity contribution in [3.63, 3.8) is 0 Å². The summed E-state index contributed by atoms with van der Waals surface area (Å²) < 4.78 is 20.6. The van der Waals surface area contributed by atoms with Gasteiger partial charge >= 0.3 is 0 Å². The summed E-state index contributed by atoms with van der Waals surface area (Å²) in [6, 6.07) is 0.380. The first-order valence-corrected chi connectivity index (χ1v) is 14.2. The van der Waals surface area contributed by atoms with Crippen molar-refractivity contribution in [2.24, 2.45) is 23.7 Å². The SMILES string of the molecule is CCCCCCOC1CCC(C2CCC(C3CCC(CCCCC)CC3)CC2)NC1F. The van der Waals surface area contributed by atoms with Crippen molar-refractivity contribution in [2.75, 3.05) is 6.61 Å². The predicted molar refractivity (Wildman–Crippen MR) is 130 cm³/mol. The van der Waals surface area contributed by atoms with E-state index in [2.05, 4.69) is 19.2 Å². The fourth-order valence-electron chi connectivity index (χ4n) is 6.84. The lowest BCUT2D eigenvalue weighted by atomic mass is 9.67. The fraction of sp³-hybridized carbons (Fsp3) is 1.00. The molecule has 182 valence electrons. The minimum atomic E-state index is -0.967. The Morgan fingerprint density at radius 3 is 1.94 bits per heavy atom. The lowest BCUT2D eigenvalue weighted by Gasteiger charge is -2.42. The van der Waals surface area contributed by atoms with E-state index >= 15 is 0 Å². The van der Waals surface area contributed by atoms with E-state index in [4.69, 9.17) is 4.74 Å². The number of hydrogen-bond donors (Lipinski definition) is 1. The van der Waals surface area contributed by atoms with Gasteiger partial charge in [-0.05, 0) is 81.5 Å². The molecular weight excluding hydrogens is 385 g/mol. The molecule has 0 radical (unpaired) electrons. The van der Waals surface area contributed by atoms with E-state index in [0.717, 1.165) is 43.6 Å². The van der Waals surface area contributed by atoms with Gasteiger partial charge in [0, 0.05) is 12.6 Å². The molecule has 0 spiro atoms. The van der Waals surface area contributed by atoms with E-state index in [9.17, 15) is 4.39 Å². The summed E-state index contributed by atoms with van der Waals surface area (Å²) in [5.74, 6) is 3.65. The highest BCUT2D eigenvalue weighted by molar-refractivity contribution is 4.90. The Hall–Kier alpha value is -0.150. The third-order valence-electron chi connectivity index (χ3n) is 8.95. The van der Waals surface area contributed by atoms with Crippen LogP contribution in [0.2, 0.25) is 0 Å². The van der Waals surface area contributed by atoms with Crippen LogP contribution in [-0.2, 0) is 4.74 Å². The molecular formula is C28H52FNO. The van der Waals surface area contributed by atoms with E-state index in [1.165, 1.54) is 96.3 Å². The van der Waals surface area contributed by atoms with Gasteiger partial charge in [0.05, 0.1) is 0 Å². The molecule has 1 heterocycles. The van der Waals surface area contributed by atoms with Crippen molar-refractivity contribution in [3.05, 3.63) is 0 Å². The van der Waals surface area contributed by atoms with Gasteiger partial charge in [-0.25, -0.2) is 4.39 Å². The zero-order valence-electron chi connectivity index (χ0n) is 20.8. The Balaban J connectivity index is 1.30. The molecule has 2 saturated carbocycles. The summed E-state index contributed by atoms with van der Waals surface area (Å²) in [6.45, 7) is 5.26. The maximum absolute atomic E-state index is 14.7. The van der Waals surface area contributed by atoms with Gasteiger partial charge in [-0.1, -0.05) is 71.6 Å². The standard InChI is InChI=1S/C28H52FNO/c1-3-5-7-9-21-31-27-20-19-26(30-28(27)29)25-17-15-24(16-18-25)23-13-11-22(12-14-23)10-8-6-4-2/h22-28,30H,3-21H2,1-2H3. The molecule has 1 aliphatic heterocycles. The molecule has 0 aromatic heterocycles. The van der Waals surface area contributed by atoms with Crippen LogP contribution in [0.25, 0.3) is 0 Å². The molecule has 3 atom stereocenters. The molecule has 0 aromatic rings. The Bertz CT molecular complexity index is 456. The molecule has 3 rings (SSSR count). The highest BCUT2D eigenvalue weighted by atomic mass is 19.1. The first-order chi connectivity index (χ1) is 15.2. The normalized spacial score (nSPS) is 37.1. The fourth-order valence-corrected chi connectivity index (χ4v) is 6.84. The number of nitrogens with one attached hydrogen (secondary N) is 1. The molecule has 1 saturated heterocycles. The van der Waals surface area contributed by atoms with Gasteiger partial charge in [-0.2, -0.15) is 0 Å². The van der Waals surface area contributed by atoms with Crippen molar-refractivity contribution in [1.82, 2.24) is 5.32 Å². The first kappa shape index (κ1) is 25.5. The maximum Gasteiger partial charge on any atom is 0.177 e. The van der Waals surface area contributed by atoms with Crippen LogP contribution in [0.4, 0.5) is 4.39 Å². The van der Waals surface area contributed by atoms with E-state index in [-0.39, 0.29) is 6.10 Å². The lowest BCUT2D eigenvalue weighted by Crippen LogP contribution is -2.52. The van der Waals surface area contributed by atoms with Crippen LogP contribution in [0, 0.1) is 23.7 Å². The summed E-state index contributed by atoms with van der Waals surface area (Å²) in [4.78, 5) is 0. The second-order valence-electron chi connectivity index (χ2n) is 11.2. The first-order valence-electron chi connectivity index (χ1n) is 14.2. The number of hydrogen-bond acceptors (Lipinski definition) is 2. The molecule has 31 heavy (non-hydrogen) atoms. The Kier molecular flexibility index (Phi) is 11.7. The Morgan fingerprint density at radius 2 is 1.29 bits per heavy atom. The molecule has 0 amide bonds. The zero-order valence-corrected chi connectivity index (χ0v) is 20.8. The number of unbranched alkanes of at least 4 members (excludes halogenated alkanes) is 5. The molecule has 3 unspecified atom stereocenters. The van der Waals surface area contributed by atoms with Crippen molar-refractivity contribution < 1.29 is 9.13 Å². The van der Waals surface area contributed by atoms with Gasteiger partial charge in [0.25, 0.3) is 0 Å². The maximum atomic E-state index is 14.7. The van der Waals surface area contributed by atoms with Crippen LogP contribution >= 0.6 is 0 Å². The minimum absolute atomic E-state index is 0.221. The molecule has 0 bridgehead atoms. The van der Waals surface area contributed by atoms with Crippen LogP contribution in [0.15, 0.2) is 0 Å². The monoisotopic (exact) mass is 437 g/mol. The van der Waals surface area contributed by atoms with E-state index in [0.29, 0.717) is 12.0 Å². The quantitative estimate of drug-likeness (QED) is 0.245. The number of halogens is 1. The Labute approximate surface area is 192 Å². The van der Waals surface area contributed by atoms with Crippen molar-refractivity contribution >= 4 is 0 Å². The molecule has 3 fully saturated rings. The zero-order chi connectivity index (χ0) is 21.9. The summed E-state index contributed by atoms with van der Waals surface area (Å²) >= 11 is 0. The van der Waals surface area contributed by atoms with Crippen LogP contribution in [0.1, 0.15) is 129 Å². The Morgan fingerprint density at radius 1 is 0.677 bits per heavy atom. The van der Waals surface area contributed by atoms with E-state index < -0.39 is 6.30 Å². The number of alkyl halides is 1. The summed E-state index contributed by atoms with van der Waals surface area (Å²) in [6.07, 6.45) is 22.6. The third kappa shape index (κ3) is 8.29. The second-order valence-corrected chi connectivity index (χ2v) is 11.2. The molecule has 3 aliphatic rings. The van der Waals surface area contributed by atoms with Crippen molar-refractivity contribution in [2.45, 2.75) is 148 Å². The summed E-state index contributed by atoms with van der Waals surface area (Å²) in [7, 11) is 0. The predicted octanol–water partition coefficient (Wildman–Crippen LogP) is 8.19. The van der Waals surface area contributed by atoms with Crippen molar-refractivity contribution in [3.8, 4) is 0 Å². The minimum Gasteiger partial charge on any atom is -0.374 e. The average molecular weight is 438 g/mol. The van der Waals surface area contributed by atoms with Gasteiger partial charge in [0.2, 0.25) is 0 Å². The van der Waals surface area contributed by atoms with Crippen molar-refractivity contribution in [1.29, 1.82) is 0 Å². The molecule has 0 aromatic carbocycles. The van der Waals surface area contributed by atoms with Gasteiger partial charge < -0.3 is 4.74 Å². The number of rotatable bonds is 12. The molecule has 3 heteroatoms. The lowest BCUT2D eigenvalue weighted by molar-refractivity contribution is -0.0518. The average Bonchev–Trinajstić information content (AvgIpc) is 2.80. The topological polar surface area (TPSA) is 21.3 Å². The number of ether oxygens (including phenoxy) is 1. The van der Waals surface area contributed by atoms with Gasteiger partial charge in [0.15, 0.2) is 6.30 Å². The van der Waals surface area contributed by atoms with Gasteiger partial charge in [0.1, 0.15) is 6.10 Å². The third-order valence-corrected chi connectivity index (χ3v) is 8.95. The summed E-state index contributed by atoms with van der Waals surface area (Å²) in [5.41, 5.74) is 0. The highest BCUT2D eigenvalue weighted by Crippen LogP contribution is 2.43. The smallest absolute Gasteiger partial charge is 0.177 e. The largest absolute Gasteiger partial charge is 0.374 e. The molecule has 2 nitrogen and oxygen atoms in total. The van der Waals surface area contributed by atoms with Crippen LogP contribution in [-0.4, -0.2) is 25.0 Å².